The molecule has 6 heteroatoms. The first-order valence-electron chi connectivity index (χ1n) is 5.04. The molecule has 0 aliphatic rings. The second-order valence-corrected chi connectivity index (χ2v) is 4.59. The molecule has 0 saturated carbocycles. The van der Waals surface area contributed by atoms with Crippen LogP contribution in [0.2, 0.25) is 0 Å². The predicted molar refractivity (Wildman–Crippen MR) is 64.5 cm³/mol. The molecule has 2 rings (SSSR count). The zero-order valence-corrected chi connectivity index (χ0v) is 10.3. The third-order valence-corrected chi connectivity index (χ3v) is 3.40. The van der Waals surface area contributed by atoms with Gasteiger partial charge in [0, 0.05) is 5.56 Å². The number of hydrogen-bond donors (Lipinski definition) is 1. The van der Waals surface area contributed by atoms with Gasteiger partial charge < -0.3 is 10.5 Å². The summed E-state index contributed by atoms with van der Waals surface area (Å²) in [5, 5.41) is 9.46. The fraction of sp³-hybridized carbons (Fsp3) is 0.273. The Morgan fingerprint density at radius 3 is 2.76 bits per heavy atom. The van der Waals surface area contributed by atoms with E-state index in [0.29, 0.717) is 5.01 Å². The number of rotatable bonds is 3. The molecule has 17 heavy (non-hydrogen) atoms. The molecule has 0 radical (unpaired) electrons. The van der Waals surface area contributed by atoms with E-state index in [1.807, 2.05) is 6.92 Å². The van der Waals surface area contributed by atoms with Crippen molar-refractivity contribution in [3.63, 3.8) is 0 Å². The quantitative estimate of drug-likeness (QED) is 0.912. The first-order valence-corrected chi connectivity index (χ1v) is 5.86. The van der Waals surface area contributed by atoms with Crippen molar-refractivity contribution in [1.29, 1.82) is 0 Å². The van der Waals surface area contributed by atoms with E-state index in [0.717, 1.165) is 10.6 Å². The summed E-state index contributed by atoms with van der Waals surface area (Å²) in [5.74, 6) is -0.201. The summed E-state index contributed by atoms with van der Waals surface area (Å²) in [7, 11) is 1.43. The molecule has 0 aliphatic carbocycles. The summed E-state index contributed by atoms with van der Waals surface area (Å²) in [6.45, 7) is 1.84. The highest BCUT2D eigenvalue weighted by molar-refractivity contribution is 7.14. The van der Waals surface area contributed by atoms with Crippen LogP contribution in [0.15, 0.2) is 18.2 Å². The lowest BCUT2D eigenvalue weighted by atomic mass is 10.2. The molecular weight excluding hydrogens is 241 g/mol. The van der Waals surface area contributed by atoms with Crippen molar-refractivity contribution >= 4 is 11.3 Å². The average Bonchev–Trinajstić information content (AvgIpc) is 2.79. The Balaban J connectivity index is 2.38. The SMILES string of the molecule is COc1cc(-c2nnc(C(C)N)s2)ccc1F. The van der Waals surface area contributed by atoms with Gasteiger partial charge in [0.1, 0.15) is 10.0 Å². The number of aromatic nitrogens is 2. The normalized spacial score (nSPS) is 12.5. The van der Waals surface area contributed by atoms with Crippen LogP contribution in [0.3, 0.4) is 0 Å². The Kier molecular flexibility index (Phi) is 3.35. The number of ether oxygens (including phenoxy) is 1. The van der Waals surface area contributed by atoms with Crippen molar-refractivity contribution in [2.45, 2.75) is 13.0 Å². The molecule has 0 saturated heterocycles. The van der Waals surface area contributed by atoms with Gasteiger partial charge in [-0.25, -0.2) is 4.39 Å². The van der Waals surface area contributed by atoms with Crippen molar-refractivity contribution in [2.24, 2.45) is 5.73 Å². The molecule has 1 atom stereocenters. The van der Waals surface area contributed by atoms with E-state index in [1.54, 1.807) is 12.1 Å². The lowest BCUT2D eigenvalue weighted by Gasteiger charge is -2.02. The van der Waals surface area contributed by atoms with Crippen LogP contribution in [0.4, 0.5) is 4.39 Å². The third-order valence-electron chi connectivity index (χ3n) is 2.23. The van der Waals surface area contributed by atoms with E-state index < -0.39 is 5.82 Å². The largest absolute Gasteiger partial charge is 0.494 e. The second-order valence-electron chi connectivity index (χ2n) is 3.58. The predicted octanol–water partition coefficient (Wildman–Crippen LogP) is 2.37. The fourth-order valence-electron chi connectivity index (χ4n) is 1.33. The molecule has 0 bridgehead atoms. The van der Waals surface area contributed by atoms with E-state index >= 15 is 0 Å². The van der Waals surface area contributed by atoms with E-state index in [2.05, 4.69) is 10.2 Å². The van der Waals surface area contributed by atoms with Crippen LogP contribution in [-0.4, -0.2) is 17.3 Å². The Morgan fingerprint density at radius 1 is 1.41 bits per heavy atom. The average molecular weight is 253 g/mol. The lowest BCUT2D eigenvalue weighted by Crippen LogP contribution is -2.03. The van der Waals surface area contributed by atoms with Gasteiger partial charge in [0.25, 0.3) is 0 Å². The molecule has 2 N–H and O–H groups in total. The number of methoxy groups -OCH3 is 1. The van der Waals surface area contributed by atoms with Crippen molar-refractivity contribution in [1.82, 2.24) is 10.2 Å². The zero-order chi connectivity index (χ0) is 12.4. The van der Waals surface area contributed by atoms with Gasteiger partial charge in [0.05, 0.1) is 13.2 Å². The lowest BCUT2D eigenvalue weighted by molar-refractivity contribution is 0.387. The van der Waals surface area contributed by atoms with Gasteiger partial charge in [-0.3, -0.25) is 0 Å². The third kappa shape index (κ3) is 2.42. The minimum absolute atomic E-state index is 0.149. The fourth-order valence-corrected chi connectivity index (χ4v) is 2.12. The van der Waals surface area contributed by atoms with Crippen LogP contribution >= 0.6 is 11.3 Å². The van der Waals surface area contributed by atoms with Crippen molar-refractivity contribution in [3.05, 3.63) is 29.0 Å². The molecular formula is C11H12FN3OS. The molecule has 0 fully saturated rings. The molecule has 90 valence electrons. The number of nitrogens with two attached hydrogens (primary N) is 1. The minimum atomic E-state index is -0.395. The Morgan fingerprint density at radius 2 is 2.18 bits per heavy atom. The zero-order valence-electron chi connectivity index (χ0n) is 9.48. The molecule has 1 aromatic carbocycles. The van der Waals surface area contributed by atoms with E-state index in [4.69, 9.17) is 10.5 Å². The van der Waals surface area contributed by atoms with Gasteiger partial charge >= 0.3 is 0 Å². The summed E-state index contributed by atoms with van der Waals surface area (Å²) in [6, 6.07) is 4.44. The number of halogens is 1. The van der Waals surface area contributed by atoms with Crippen molar-refractivity contribution in [3.8, 4) is 16.3 Å². The summed E-state index contributed by atoms with van der Waals surface area (Å²) < 4.78 is 18.2. The van der Waals surface area contributed by atoms with Gasteiger partial charge in [0.15, 0.2) is 11.6 Å². The summed E-state index contributed by atoms with van der Waals surface area (Å²) in [6.07, 6.45) is 0. The Hall–Kier alpha value is -1.53. The van der Waals surface area contributed by atoms with Crippen LogP contribution < -0.4 is 10.5 Å². The molecule has 1 heterocycles. The van der Waals surface area contributed by atoms with Gasteiger partial charge in [-0.05, 0) is 25.1 Å². The van der Waals surface area contributed by atoms with Crippen molar-refractivity contribution < 1.29 is 9.13 Å². The van der Waals surface area contributed by atoms with Gasteiger partial charge in [-0.2, -0.15) is 0 Å². The van der Waals surface area contributed by atoms with Crippen LogP contribution in [0.1, 0.15) is 18.0 Å². The number of benzene rings is 1. The highest BCUT2D eigenvalue weighted by atomic mass is 32.1. The Bertz CT molecular complexity index is 527. The summed E-state index contributed by atoms with van der Waals surface area (Å²) in [5.41, 5.74) is 6.48. The van der Waals surface area contributed by atoms with Crippen LogP contribution in [0.25, 0.3) is 10.6 Å². The van der Waals surface area contributed by atoms with Gasteiger partial charge in [-0.15, -0.1) is 10.2 Å². The molecule has 0 aliphatic heterocycles. The maximum Gasteiger partial charge on any atom is 0.165 e. The van der Waals surface area contributed by atoms with Crippen molar-refractivity contribution in [2.75, 3.05) is 7.11 Å². The van der Waals surface area contributed by atoms with Crippen LogP contribution in [0.5, 0.6) is 5.75 Å². The number of hydrogen-bond acceptors (Lipinski definition) is 5. The van der Waals surface area contributed by atoms with Crippen LogP contribution in [-0.2, 0) is 0 Å². The number of nitrogens with zero attached hydrogens (tertiary/aromatic N) is 2. The highest BCUT2D eigenvalue weighted by Crippen LogP contribution is 2.29. The second kappa shape index (κ2) is 4.77. The van der Waals surface area contributed by atoms with E-state index in [1.165, 1.54) is 24.5 Å². The molecule has 0 spiro atoms. The first kappa shape index (κ1) is 11.9. The maximum atomic E-state index is 13.2. The van der Waals surface area contributed by atoms with Gasteiger partial charge in [0.2, 0.25) is 0 Å². The smallest absolute Gasteiger partial charge is 0.165 e. The maximum absolute atomic E-state index is 13.2. The summed E-state index contributed by atoms with van der Waals surface area (Å²) in [4.78, 5) is 0. The molecule has 4 nitrogen and oxygen atoms in total. The molecule has 1 unspecified atom stereocenters. The first-order chi connectivity index (χ1) is 8.11. The van der Waals surface area contributed by atoms with E-state index in [-0.39, 0.29) is 11.8 Å². The highest BCUT2D eigenvalue weighted by Gasteiger charge is 2.11. The molecule has 0 amide bonds. The van der Waals surface area contributed by atoms with Gasteiger partial charge in [-0.1, -0.05) is 11.3 Å². The monoisotopic (exact) mass is 253 g/mol. The van der Waals surface area contributed by atoms with E-state index in [9.17, 15) is 4.39 Å². The van der Waals surface area contributed by atoms with Crippen LogP contribution in [0, 0.1) is 5.82 Å². The summed E-state index contributed by atoms with van der Waals surface area (Å²) >= 11 is 1.39. The Labute approximate surface area is 102 Å². The molecule has 1 aromatic heterocycles. The molecule has 2 aromatic rings. The standard InChI is InChI=1S/C11H12FN3OS/c1-6(13)10-14-15-11(17-10)7-3-4-8(12)9(5-7)16-2/h3-6H,13H2,1-2H3. The topological polar surface area (TPSA) is 61.0 Å². The minimum Gasteiger partial charge on any atom is -0.494 e.